The Morgan fingerprint density at radius 1 is 1.43 bits per heavy atom. The van der Waals surface area contributed by atoms with Gasteiger partial charge in [-0.2, -0.15) is 0 Å². The molecule has 2 amide bonds. The number of carbonyl (C=O) groups is 2. The van der Waals surface area contributed by atoms with Crippen LogP contribution in [-0.4, -0.2) is 53.3 Å². The number of hydrogen-bond donors (Lipinski definition) is 1. The van der Waals surface area contributed by atoms with Crippen molar-refractivity contribution in [2.24, 2.45) is 0 Å². The first kappa shape index (κ1) is 15.5. The van der Waals surface area contributed by atoms with Crippen molar-refractivity contribution in [2.75, 3.05) is 26.4 Å². The summed E-state index contributed by atoms with van der Waals surface area (Å²) in [4.78, 5) is 25.2. The predicted octanol–water partition coefficient (Wildman–Crippen LogP) is 1.09. The second-order valence-electron chi connectivity index (χ2n) is 4.20. The largest absolute Gasteiger partial charge is 0.410 e. The summed E-state index contributed by atoms with van der Waals surface area (Å²) in [6.07, 6.45) is 0. The molecule has 0 aliphatic rings. The molecule has 9 heteroatoms. The number of hydrogen-bond acceptors (Lipinski definition) is 7. The van der Waals surface area contributed by atoms with Crippen LogP contribution in [0, 0.1) is 0 Å². The second kappa shape index (κ2) is 7.23. The van der Waals surface area contributed by atoms with Crippen molar-refractivity contribution in [2.45, 2.75) is 5.22 Å². The minimum atomic E-state index is -0.258. The van der Waals surface area contributed by atoms with Crippen LogP contribution in [0.2, 0.25) is 0 Å². The first-order valence-corrected chi connectivity index (χ1v) is 7.90. The van der Waals surface area contributed by atoms with E-state index in [2.05, 4.69) is 15.5 Å². The van der Waals surface area contributed by atoms with Gasteiger partial charge in [-0.25, -0.2) is 0 Å². The number of amides is 2. The van der Waals surface area contributed by atoms with Gasteiger partial charge in [0.1, 0.15) is 0 Å². The van der Waals surface area contributed by atoms with Gasteiger partial charge in [0.05, 0.1) is 17.2 Å². The van der Waals surface area contributed by atoms with Crippen LogP contribution in [0.1, 0.15) is 0 Å². The number of thiophene rings is 1. The maximum atomic E-state index is 11.6. The number of thioether (sulfide) groups is 1. The normalized spacial score (nSPS) is 10.4. The summed E-state index contributed by atoms with van der Waals surface area (Å²) in [7, 11) is 3.27. The van der Waals surface area contributed by atoms with Gasteiger partial charge in [0.15, 0.2) is 0 Å². The SMILES string of the molecule is CN(C)C(=O)CNC(=O)CSc1nnc(-c2cccs2)o1. The Balaban J connectivity index is 1.78. The van der Waals surface area contributed by atoms with Gasteiger partial charge in [-0.3, -0.25) is 9.59 Å². The van der Waals surface area contributed by atoms with E-state index in [4.69, 9.17) is 4.42 Å². The van der Waals surface area contributed by atoms with Gasteiger partial charge in [0, 0.05) is 14.1 Å². The van der Waals surface area contributed by atoms with Crippen LogP contribution in [0.3, 0.4) is 0 Å². The molecule has 2 rings (SSSR count). The van der Waals surface area contributed by atoms with Crippen molar-refractivity contribution in [1.29, 1.82) is 0 Å². The third-order valence-corrected chi connectivity index (χ3v) is 4.08. The lowest BCUT2D eigenvalue weighted by atomic mass is 10.5. The van der Waals surface area contributed by atoms with Crippen molar-refractivity contribution in [3.05, 3.63) is 17.5 Å². The summed E-state index contributed by atoms with van der Waals surface area (Å²) in [5, 5.41) is 12.6. The van der Waals surface area contributed by atoms with Crippen molar-refractivity contribution in [1.82, 2.24) is 20.4 Å². The molecule has 0 bridgehead atoms. The van der Waals surface area contributed by atoms with E-state index in [1.165, 1.54) is 16.2 Å². The van der Waals surface area contributed by atoms with Crippen molar-refractivity contribution in [3.63, 3.8) is 0 Å². The summed E-state index contributed by atoms with van der Waals surface area (Å²) in [5.41, 5.74) is 0. The molecule has 0 radical (unpaired) electrons. The second-order valence-corrected chi connectivity index (χ2v) is 6.08. The molecule has 0 aromatic carbocycles. The highest BCUT2D eigenvalue weighted by Crippen LogP contribution is 2.26. The third kappa shape index (κ3) is 4.57. The molecule has 0 aliphatic heterocycles. The number of aromatic nitrogens is 2. The summed E-state index contributed by atoms with van der Waals surface area (Å²) < 4.78 is 5.44. The molecular formula is C12H14N4O3S2. The molecule has 2 aromatic heterocycles. The Bertz CT molecular complexity index is 610. The molecule has 0 fully saturated rings. The number of rotatable bonds is 6. The van der Waals surface area contributed by atoms with E-state index in [-0.39, 0.29) is 24.1 Å². The van der Waals surface area contributed by atoms with E-state index in [0.29, 0.717) is 11.1 Å². The Kier molecular flexibility index (Phi) is 5.34. The molecule has 2 aromatic rings. The minimum absolute atomic E-state index is 0.0172. The molecule has 0 spiro atoms. The van der Waals surface area contributed by atoms with Gasteiger partial charge in [0.25, 0.3) is 11.1 Å². The van der Waals surface area contributed by atoms with Gasteiger partial charge < -0.3 is 14.6 Å². The van der Waals surface area contributed by atoms with E-state index < -0.39 is 0 Å². The lowest BCUT2D eigenvalue weighted by molar-refractivity contribution is -0.130. The maximum absolute atomic E-state index is 11.6. The zero-order valence-electron chi connectivity index (χ0n) is 11.5. The molecular weight excluding hydrogens is 312 g/mol. The van der Waals surface area contributed by atoms with Gasteiger partial charge in [0.2, 0.25) is 11.8 Å². The van der Waals surface area contributed by atoms with Gasteiger partial charge >= 0.3 is 0 Å². The van der Waals surface area contributed by atoms with Crippen LogP contribution in [0.15, 0.2) is 27.2 Å². The van der Waals surface area contributed by atoms with Crippen LogP contribution in [0.4, 0.5) is 0 Å². The predicted molar refractivity (Wildman–Crippen MR) is 80.0 cm³/mol. The molecule has 112 valence electrons. The van der Waals surface area contributed by atoms with Crippen LogP contribution < -0.4 is 5.32 Å². The third-order valence-electron chi connectivity index (χ3n) is 2.40. The summed E-state index contributed by atoms with van der Waals surface area (Å²) >= 11 is 2.63. The molecule has 0 unspecified atom stereocenters. The lowest BCUT2D eigenvalue weighted by Crippen LogP contribution is -2.36. The molecule has 21 heavy (non-hydrogen) atoms. The summed E-state index contributed by atoms with van der Waals surface area (Å²) in [6.45, 7) is -0.0172. The van der Waals surface area contributed by atoms with Gasteiger partial charge in [-0.1, -0.05) is 17.8 Å². The fraction of sp³-hybridized carbons (Fsp3) is 0.333. The average Bonchev–Trinajstić information content (AvgIpc) is 3.12. The van der Waals surface area contributed by atoms with E-state index in [0.717, 1.165) is 16.6 Å². The quantitative estimate of drug-likeness (QED) is 0.800. The number of nitrogens with one attached hydrogen (secondary N) is 1. The molecule has 0 saturated carbocycles. The zero-order chi connectivity index (χ0) is 15.2. The van der Waals surface area contributed by atoms with E-state index in [9.17, 15) is 9.59 Å². The fourth-order valence-electron chi connectivity index (χ4n) is 1.28. The van der Waals surface area contributed by atoms with E-state index in [1.807, 2.05) is 17.5 Å². The molecule has 0 atom stereocenters. The molecule has 1 N–H and O–H groups in total. The van der Waals surface area contributed by atoms with Crippen molar-refractivity contribution in [3.8, 4) is 10.8 Å². The summed E-state index contributed by atoms with van der Waals surface area (Å²) in [5.74, 6) is 0.139. The standard InChI is InChI=1S/C12H14N4O3S2/c1-16(2)10(18)6-13-9(17)7-21-12-15-14-11(19-12)8-4-3-5-20-8/h3-5H,6-7H2,1-2H3,(H,13,17). The smallest absolute Gasteiger partial charge is 0.277 e. The first-order chi connectivity index (χ1) is 10.1. The lowest BCUT2D eigenvalue weighted by Gasteiger charge is -2.10. The van der Waals surface area contributed by atoms with Crippen LogP contribution >= 0.6 is 23.1 Å². The molecule has 0 saturated heterocycles. The average molecular weight is 326 g/mol. The number of likely N-dealkylation sites (N-methyl/N-ethyl adjacent to an activating group) is 1. The highest BCUT2D eigenvalue weighted by molar-refractivity contribution is 7.99. The van der Waals surface area contributed by atoms with Crippen LogP contribution in [0.5, 0.6) is 0 Å². The topological polar surface area (TPSA) is 88.3 Å². The molecule has 2 heterocycles. The number of carbonyl (C=O) groups excluding carboxylic acids is 2. The molecule has 0 aliphatic carbocycles. The van der Waals surface area contributed by atoms with Crippen LogP contribution in [0.25, 0.3) is 10.8 Å². The van der Waals surface area contributed by atoms with E-state index >= 15 is 0 Å². The van der Waals surface area contributed by atoms with Crippen molar-refractivity contribution < 1.29 is 14.0 Å². The van der Waals surface area contributed by atoms with Crippen LogP contribution in [-0.2, 0) is 9.59 Å². The van der Waals surface area contributed by atoms with Gasteiger partial charge in [-0.05, 0) is 11.4 Å². The fourth-order valence-corrected chi connectivity index (χ4v) is 2.52. The number of nitrogens with zero attached hydrogens (tertiary/aromatic N) is 3. The summed E-state index contributed by atoms with van der Waals surface area (Å²) in [6, 6.07) is 3.78. The molecule has 7 nitrogen and oxygen atoms in total. The first-order valence-electron chi connectivity index (χ1n) is 6.03. The Morgan fingerprint density at radius 2 is 2.24 bits per heavy atom. The Morgan fingerprint density at radius 3 is 2.90 bits per heavy atom. The highest BCUT2D eigenvalue weighted by Gasteiger charge is 2.12. The maximum Gasteiger partial charge on any atom is 0.277 e. The monoisotopic (exact) mass is 326 g/mol. The van der Waals surface area contributed by atoms with Crippen molar-refractivity contribution >= 4 is 34.9 Å². The Hall–Kier alpha value is -1.87. The minimum Gasteiger partial charge on any atom is -0.410 e. The van der Waals surface area contributed by atoms with E-state index in [1.54, 1.807) is 14.1 Å². The Labute approximate surface area is 129 Å². The highest BCUT2D eigenvalue weighted by atomic mass is 32.2. The zero-order valence-corrected chi connectivity index (χ0v) is 13.2. The van der Waals surface area contributed by atoms with Gasteiger partial charge in [-0.15, -0.1) is 21.5 Å².